The number of hydrogen-bond donors (Lipinski definition) is 0. The van der Waals surface area contributed by atoms with Crippen LogP contribution in [0.1, 0.15) is 43.1 Å². The molecule has 3 atom stereocenters. The second-order valence-corrected chi connectivity index (χ2v) is 10.00. The first kappa shape index (κ1) is 27.2. The minimum Gasteiger partial charge on any atom is -0.350 e. The Balaban J connectivity index is 1.55. The van der Waals surface area contributed by atoms with Crippen molar-refractivity contribution in [1.29, 1.82) is 0 Å². The number of benzene rings is 2. The second-order valence-electron chi connectivity index (χ2n) is 9.66. The van der Waals surface area contributed by atoms with Crippen LogP contribution in [0.5, 0.6) is 0 Å². The summed E-state index contributed by atoms with van der Waals surface area (Å²) in [6.45, 7) is 4.96. The molecule has 4 aromatic rings. The predicted octanol–water partition coefficient (Wildman–Crippen LogP) is 7.05. The minimum absolute atomic E-state index is 0.0462. The molecular weight excluding hydrogens is 537 g/mol. The number of rotatable bonds is 5. The molecule has 0 saturated carbocycles. The summed E-state index contributed by atoms with van der Waals surface area (Å²) < 4.78 is 67.7. The van der Waals surface area contributed by atoms with E-state index in [9.17, 15) is 22.0 Å². The quantitative estimate of drug-likeness (QED) is 0.193. The number of hydrogen-bond acceptors (Lipinski definition) is 5. The molecule has 3 heterocycles. The lowest BCUT2D eigenvalue weighted by molar-refractivity contribution is -0.137. The number of aromatic nitrogens is 3. The fourth-order valence-corrected chi connectivity index (χ4v) is 5.40. The third kappa shape index (κ3) is 5.53. The second kappa shape index (κ2) is 10.7. The van der Waals surface area contributed by atoms with Crippen molar-refractivity contribution < 1.29 is 22.0 Å². The Morgan fingerprint density at radius 3 is 2.33 bits per heavy atom. The standard InChI is InChI=1S/C28H25ClF5N5/c1-3-21-15-38(26-22-12-20(31)9-11-23(22)36-27(29)37-26)16(2)14-39(21)25(17-4-7-19(30)8-5-17)24-10-6-18(13-35-24)28(32,33)34/h4-13,16,21,25H,3,14-15H2,1-2H3/t16-,21+,25?/m0/s1. The normalized spacial score (nSPS) is 19.4. The van der Waals surface area contributed by atoms with Gasteiger partial charge in [0.15, 0.2) is 0 Å². The van der Waals surface area contributed by atoms with E-state index in [0.29, 0.717) is 47.5 Å². The number of anilines is 1. The maximum atomic E-state index is 14.2. The molecule has 5 nitrogen and oxygen atoms in total. The highest BCUT2D eigenvalue weighted by atomic mass is 35.5. The highest BCUT2D eigenvalue weighted by Crippen LogP contribution is 2.37. The van der Waals surface area contributed by atoms with Crippen LogP contribution in [0.4, 0.5) is 27.8 Å². The van der Waals surface area contributed by atoms with Gasteiger partial charge in [0, 0.05) is 36.8 Å². The maximum absolute atomic E-state index is 14.2. The lowest BCUT2D eigenvalue weighted by Crippen LogP contribution is -2.58. The molecule has 2 aromatic carbocycles. The van der Waals surface area contributed by atoms with Gasteiger partial charge >= 0.3 is 6.18 Å². The predicted molar refractivity (Wildman–Crippen MR) is 140 cm³/mol. The molecule has 1 aliphatic heterocycles. The number of fused-ring (bicyclic) bond motifs is 1. The molecule has 0 radical (unpaired) electrons. The Kier molecular flexibility index (Phi) is 7.43. The van der Waals surface area contributed by atoms with Crippen molar-refractivity contribution in [2.24, 2.45) is 0 Å². The number of nitrogens with zero attached hydrogens (tertiary/aromatic N) is 5. The highest BCUT2D eigenvalue weighted by molar-refractivity contribution is 6.28. The van der Waals surface area contributed by atoms with Gasteiger partial charge in [0.2, 0.25) is 5.28 Å². The van der Waals surface area contributed by atoms with E-state index in [1.54, 1.807) is 18.2 Å². The lowest BCUT2D eigenvalue weighted by atomic mass is 9.94. The van der Waals surface area contributed by atoms with Crippen LogP contribution in [0.25, 0.3) is 10.9 Å². The minimum atomic E-state index is -4.51. The fourth-order valence-electron chi connectivity index (χ4n) is 5.23. The molecule has 2 aromatic heterocycles. The zero-order valence-electron chi connectivity index (χ0n) is 21.1. The molecule has 5 rings (SSSR count). The first-order valence-electron chi connectivity index (χ1n) is 12.5. The molecule has 0 N–H and O–H groups in total. The van der Waals surface area contributed by atoms with Crippen molar-refractivity contribution in [3.63, 3.8) is 0 Å². The van der Waals surface area contributed by atoms with Crippen molar-refractivity contribution in [2.75, 3.05) is 18.0 Å². The van der Waals surface area contributed by atoms with Crippen LogP contribution in [-0.2, 0) is 6.18 Å². The summed E-state index contributed by atoms with van der Waals surface area (Å²) in [4.78, 5) is 17.1. The smallest absolute Gasteiger partial charge is 0.350 e. The third-order valence-corrected chi connectivity index (χ3v) is 7.32. The van der Waals surface area contributed by atoms with Crippen LogP contribution in [0.2, 0.25) is 5.28 Å². The highest BCUT2D eigenvalue weighted by Gasteiger charge is 2.38. The van der Waals surface area contributed by atoms with Gasteiger partial charge in [0.05, 0.1) is 22.8 Å². The van der Waals surface area contributed by atoms with Crippen LogP contribution < -0.4 is 4.90 Å². The van der Waals surface area contributed by atoms with E-state index < -0.39 is 29.4 Å². The van der Waals surface area contributed by atoms with E-state index in [4.69, 9.17) is 11.6 Å². The molecular formula is C28H25ClF5N5. The molecule has 0 amide bonds. The van der Waals surface area contributed by atoms with Crippen molar-refractivity contribution in [3.8, 4) is 0 Å². The SMILES string of the molecule is CC[C@@H]1CN(c2nc(Cl)nc3ccc(F)cc23)[C@@H](C)CN1C(c1ccc(F)cc1)c1ccc(C(F)(F)F)cn1. The van der Waals surface area contributed by atoms with Gasteiger partial charge in [-0.25, -0.2) is 13.8 Å². The summed E-state index contributed by atoms with van der Waals surface area (Å²) in [5.41, 5.74) is 0.813. The van der Waals surface area contributed by atoms with Gasteiger partial charge < -0.3 is 4.90 Å². The molecule has 39 heavy (non-hydrogen) atoms. The average molecular weight is 562 g/mol. The van der Waals surface area contributed by atoms with Gasteiger partial charge in [-0.3, -0.25) is 9.88 Å². The maximum Gasteiger partial charge on any atom is 0.417 e. The largest absolute Gasteiger partial charge is 0.417 e. The lowest BCUT2D eigenvalue weighted by Gasteiger charge is -2.49. The van der Waals surface area contributed by atoms with Crippen molar-refractivity contribution in [2.45, 2.75) is 44.6 Å². The van der Waals surface area contributed by atoms with Gasteiger partial charge in [0.1, 0.15) is 17.5 Å². The molecule has 1 unspecified atom stereocenters. The molecule has 204 valence electrons. The van der Waals surface area contributed by atoms with Crippen LogP contribution in [0, 0.1) is 11.6 Å². The Hall–Kier alpha value is -3.37. The van der Waals surface area contributed by atoms with Gasteiger partial charge in [-0.15, -0.1) is 0 Å². The number of halogens is 6. The number of piperazine rings is 1. The zero-order chi connectivity index (χ0) is 27.9. The molecule has 0 spiro atoms. The van der Waals surface area contributed by atoms with Crippen LogP contribution >= 0.6 is 11.6 Å². The number of pyridine rings is 1. The van der Waals surface area contributed by atoms with Gasteiger partial charge in [-0.1, -0.05) is 19.1 Å². The summed E-state index contributed by atoms with van der Waals surface area (Å²) in [6.07, 6.45) is -2.99. The van der Waals surface area contributed by atoms with E-state index in [1.165, 1.54) is 30.3 Å². The Bertz CT molecular complexity index is 1460. The Labute approximate surface area is 227 Å². The van der Waals surface area contributed by atoms with E-state index in [2.05, 4.69) is 24.8 Å². The topological polar surface area (TPSA) is 45.2 Å². The summed E-state index contributed by atoms with van der Waals surface area (Å²) in [7, 11) is 0. The fraction of sp³-hybridized carbons (Fsp3) is 0.321. The van der Waals surface area contributed by atoms with Gasteiger partial charge in [-0.2, -0.15) is 18.2 Å². The Morgan fingerprint density at radius 2 is 1.69 bits per heavy atom. The van der Waals surface area contributed by atoms with Crippen LogP contribution in [0.15, 0.2) is 60.8 Å². The monoisotopic (exact) mass is 561 g/mol. The molecule has 1 fully saturated rings. The van der Waals surface area contributed by atoms with E-state index in [0.717, 1.165) is 12.3 Å². The summed E-state index contributed by atoms with van der Waals surface area (Å²) in [5, 5.41) is 0.582. The van der Waals surface area contributed by atoms with Crippen LogP contribution in [-0.4, -0.2) is 45.0 Å². The zero-order valence-corrected chi connectivity index (χ0v) is 21.9. The van der Waals surface area contributed by atoms with E-state index in [-0.39, 0.29) is 17.4 Å². The van der Waals surface area contributed by atoms with Gasteiger partial charge in [0.25, 0.3) is 0 Å². The van der Waals surface area contributed by atoms with Crippen molar-refractivity contribution in [3.05, 3.63) is 94.5 Å². The first-order valence-corrected chi connectivity index (χ1v) is 12.9. The summed E-state index contributed by atoms with van der Waals surface area (Å²) in [5.74, 6) is -0.318. The molecule has 1 saturated heterocycles. The van der Waals surface area contributed by atoms with Crippen LogP contribution in [0.3, 0.4) is 0 Å². The molecule has 11 heteroatoms. The molecule has 0 bridgehead atoms. The molecule has 0 aliphatic carbocycles. The van der Waals surface area contributed by atoms with Gasteiger partial charge in [-0.05, 0) is 73.0 Å². The third-order valence-electron chi connectivity index (χ3n) is 7.15. The van der Waals surface area contributed by atoms with E-state index >= 15 is 0 Å². The van der Waals surface area contributed by atoms with E-state index in [1.807, 2.05) is 13.8 Å². The molecule has 1 aliphatic rings. The summed E-state index contributed by atoms with van der Waals surface area (Å²) in [6, 6.07) is 11.8. The van der Waals surface area contributed by atoms with Crippen molar-refractivity contribution in [1.82, 2.24) is 19.9 Å². The average Bonchev–Trinajstić information content (AvgIpc) is 2.90. The summed E-state index contributed by atoms with van der Waals surface area (Å²) >= 11 is 6.23. The first-order chi connectivity index (χ1) is 18.5. The van der Waals surface area contributed by atoms with Crippen molar-refractivity contribution >= 4 is 28.3 Å². The Morgan fingerprint density at radius 1 is 0.974 bits per heavy atom. The number of alkyl halides is 3.